The first-order valence-electron chi connectivity index (χ1n) is 10.6. The van der Waals surface area contributed by atoms with Crippen LogP contribution < -0.4 is 10.9 Å². The molecule has 1 aliphatic carbocycles. The van der Waals surface area contributed by atoms with Gasteiger partial charge in [-0.3, -0.25) is 19.0 Å². The summed E-state index contributed by atoms with van der Waals surface area (Å²) >= 11 is 0. The lowest BCUT2D eigenvalue weighted by atomic mass is 10.2. The number of aromatic hydroxyl groups is 1. The number of aliphatic hydroxyl groups excluding tert-OH is 1. The van der Waals surface area contributed by atoms with E-state index in [0.29, 0.717) is 30.7 Å². The zero-order valence-corrected chi connectivity index (χ0v) is 17.6. The number of nitrogens with zero attached hydrogens (tertiary/aromatic N) is 4. The molecule has 166 valence electrons. The fourth-order valence-corrected chi connectivity index (χ4v) is 3.76. The first-order chi connectivity index (χ1) is 14.8. The summed E-state index contributed by atoms with van der Waals surface area (Å²) in [7, 11) is 0. The van der Waals surface area contributed by atoms with Crippen molar-refractivity contribution < 1.29 is 19.8 Å². The molecule has 10 nitrogen and oxygen atoms in total. The quantitative estimate of drug-likeness (QED) is 0.569. The second-order valence-corrected chi connectivity index (χ2v) is 8.65. The highest BCUT2D eigenvalue weighted by atomic mass is 16.3. The number of hydrogen-bond acceptors (Lipinski definition) is 6. The molecule has 2 fully saturated rings. The summed E-state index contributed by atoms with van der Waals surface area (Å²) in [6, 6.07) is 0.0341. The highest BCUT2D eigenvalue weighted by Gasteiger charge is 2.30. The van der Waals surface area contributed by atoms with Gasteiger partial charge in [0.25, 0.3) is 11.5 Å². The van der Waals surface area contributed by atoms with E-state index in [0.717, 1.165) is 17.4 Å². The Kier molecular flexibility index (Phi) is 5.57. The third kappa shape index (κ3) is 4.20. The third-order valence-corrected chi connectivity index (χ3v) is 5.48. The molecule has 1 saturated carbocycles. The van der Waals surface area contributed by atoms with E-state index in [2.05, 4.69) is 10.4 Å². The van der Waals surface area contributed by atoms with Crippen molar-refractivity contribution in [2.45, 2.75) is 51.8 Å². The van der Waals surface area contributed by atoms with Gasteiger partial charge in [0.2, 0.25) is 11.8 Å². The Balaban J connectivity index is 1.75. The van der Waals surface area contributed by atoms with Crippen LogP contribution in [0.5, 0.6) is 5.88 Å². The molecule has 3 N–H and O–H groups in total. The fourth-order valence-electron chi connectivity index (χ4n) is 3.76. The lowest BCUT2D eigenvalue weighted by Gasteiger charge is -2.15. The van der Waals surface area contributed by atoms with Gasteiger partial charge in [0, 0.05) is 37.3 Å². The molecule has 0 spiro atoms. The molecule has 4 rings (SSSR count). The Bertz CT molecular complexity index is 1110. The summed E-state index contributed by atoms with van der Waals surface area (Å²) in [5, 5.41) is 27.2. The van der Waals surface area contributed by atoms with Crippen LogP contribution in [0, 0.1) is 5.92 Å². The minimum absolute atomic E-state index is 0.0341. The van der Waals surface area contributed by atoms with Crippen LogP contribution in [0.1, 0.15) is 49.0 Å². The molecule has 0 bridgehead atoms. The van der Waals surface area contributed by atoms with E-state index >= 15 is 0 Å². The highest BCUT2D eigenvalue weighted by molar-refractivity contribution is 5.97. The molecule has 31 heavy (non-hydrogen) atoms. The van der Waals surface area contributed by atoms with Crippen LogP contribution in [0.15, 0.2) is 17.1 Å². The van der Waals surface area contributed by atoms with Crippen LogP contribution in [0.3, 0.4) is 0 Å². The zero-order chi connectivity index (χ0) is 22.3. The van der Waals surface area contributed by atoms with E-state index in [-0.39, 0.29) is 30.0 Å². The molecule has 0 aromatic carbocycles. The number of rotatable bonds is 6. The summed E-state index contributed by atoms with van der Waals surface area (Å²) in [5.74, 6) is -1.30. The van der Waals surface area contributed by atoms with Crippen molar-refractivity contribution in [3.8, 4) is 5.88 Å². The number of aliphatic hydroxyl groups is 1. The number of hydrogen-bond donors (Lipinski definition) is 3. The molecule has 0 unspecified atom stereocenters. The second-order valence-electron chi connectivity index (χ2n) is 8.65. The summed E-state index contributed by atoms with van der Waals surface area (Å²) in [6.45, 7) is 4.96. The number of fused-ring (bicyclic) bond motifs is 1. The maximum atomic E-state index is 13.2. The van der Waals surface area contributed by atoms with Gasteiger partial charge in [0.15, 0.2) is 5.56 Å². The van der Waals surface area contributed by atoms with E-state index in [1.165, 1.54) is 22.9 Å². The average Bonchev–Trinajstić information content (AvgIpc) is 3.24. The Morgan fingerprint density at radius 3 is 2.68 bits per heavy atom. The lowest BCUT2D eigenvalue weighted by molar-refractivity contribution is -0.125. The standard InChI is InChI=1S/C21H27N5O5/c1-12(2)10-25-19-13(3-6-16(28)24-8-7-15(27)11-24)9-22-26(19)21(31)17(20(25)30)18(29)23-14-4-5-14/h3,6,9,12,14-15,27,31H,4-5,7-8,10-11H2,1-2H3,(H,23,29)/b6-3+/t15-/m1/s1. The van der Waals surface area contributed by atoms with Gasteiger partial charge in [-0.15, -0.1) is 0 Å². The molecule has 1 atom stereocenters. The largest absolute Gasteiger partial charge is 0.492 e. The van der Waals surface area contributed by atoms with Crippen LogP contribution in [0.4, 0.5) is 0 Å². The van der Waals surface area contributed by atoms with Crippen LogP contribution in [-0.4, -0.2) is 66.3 Å². The number of amides is 2. The van der Waals surface area contributed by atoms with Crippen molar-refractivity contribution in [1.82, 2.24) is 24.4 Å². The van der Waals surface area contributed by atoms with Crippen molar-refractivity contribution in [1.29, 1.82) is 0 Å². The highest BCUT2D eigenvalue weighted by Crippen LogP contribution is 2.23. The molecule has 2 aliphatic rings. The lowest BCUT2D eigenvalue weighted by Crippen LogP contribution is -2.36. The number of likely N-dealkylation sites (tertiary alicyclic amines) is 1. The van der Waals surface area contributed by atoms with E-state index in [1.807, 2.05) is 13.8 Å². The molecule has 0 radical (unpaired) electrons. The molecule has 2 amide bonds. The maximum absolute atomic E-state index is 13.2. The predicted octanol–water partition coefficient (Wildman–Crippen LogP) is 0.356. The normalized spacial score (nSPS) is 19.1. The molecule has 3 heterocycles. The van der Waals surface area contributed by atoms with Crippen molar-refractivity contribution in [3.05, 3.63) is 33.8 Å². The maximum Gasteiger partial charge on any atom is 0.270 e. The van der Waals surface area contributed by atoms with Gasteiger partial charge in [-0.25, -0.2) is 0 Å². The van der Waals surface area contributed by atoms with Crippen LogP contribution in [-0.2, 0) is 11.3 Å². The molecular weight excluding hydrogens is 402 g/mol. The molecule has 1 saturated heterocycles. The van der Waals surface area contributed by atoms with Gasteiger partial charge in [0.1, 0.15) is 5.65 Å². The number of β-amino-alcohol motifs (C(OH)–C–C–N with tert-alkyl or cyclic N) is 1. The van der Waals surface area contributed by atoms with Crippen LogP contribution in [0.2, 0.25) is 0 Å². The molecule has 1 aliphatic heterocycles. The van der Waals surface area contributed by atoms with Crippen LogP contribution in [0.25, 0.3) is 11.7 Å². The Morgan fingerprint density at radius 1 is 1.32 bits per heavy atom. The van der Waals surface area contributed by atoms with Gasteiger partial charge in [-0.2, -0.15) is 9.61 Å². The van der Waals surface area contributed by atoms with Gasteiger partial charge in [-0.05, 0) is 31.3 Å². The Morgan fingerprint density at radius 2 is 2.06 bits per heavy atom. The third-order valence-electron chi connectivity index (χ3n) is 5.48. The minimum atomic E-state index is -0.611. The van der Waals surface area contributed by atoms with E-state index < -0.39 is 23.5 Å². The number of aromatic nitrogens is 3. The Labute approximate surface area is 178 Å². The van der Waals surface area contributed by atoms with E-state index in [9.17, 15) is 24.6 Å². The average molecular weight is 429 g/mol. The van der Waals surface area contributed by atoms with Gasteiger partial charge < -0.3 is 20.4 Å². The van der Waals surface area contributed by atoms with E-state index in [1.54, 1.807) is 4.90 Å². The summed E-state index contributed by atoms with van der Waals surface area (Å²) < 4.78 is 2.58. The van der Waals surface area contributed by atoms with Crippen molar-refractivity contribution in [2.24, 2.45) is 5.92 Å². The number of carbonyl (C=O) groups excluding carboxylic acids is 2. The first kappa shape index (κ1) is 21.1. The number of carbonyl (C=O) groups is 2. The fraction of sp³-hybridized carbons (Fsp3) is 0.524. The molecule has 2 aromatic rings. The van der Waals surface area contributed by atoms with Gasteiger partial charge in [-0.1, -0.05) is 13.8 Å². The van der Waals surface area contributed by atoms with E-state index in [4.69, 9.17) is 0 Å². The minimum Gasteiger partial charge on any atom is -0.492 e. The van der Waals surface area contributed by atoms with Crippen molar-refractivity contribution >= 4 is 23.5 Å². The second kappa shape index (κ2) is 8.18. The zero-order valence-electron chi connectivity index (χ0n) is 17.6. The van der Waals surface area contributed by atoms with Crippen LogP contribution >= 0.6 is 0 Å². The molecule has 10 heteroatoms. The predicted molar refractivity (Wildman–Crippen MR) is 113 cm³/mol. The first-order valence-corrected chi connectivity index (χ1v) is 10.6. The monoisotopic (exact) mass is 429 g/mol. The summed E-state index contributed by atoms with van der Waals surface area (Å²) in [5.41, 5.74) is -0.151. The molecular formula is C21H27N5O5. The summed E-state index contributed by atoms with van der Waals surface area (Å²) in [6.07, 6.45) is 6.09. The Hall–Kier alpha value is -3.14. The van der Waals surface area contributed by atoms with Crippen molar-refractivity contribution in [3.63, 3.8) is 0 Å². The SMILES string of the molecule is CC(C)Cn1c(=O)c(C(=O)NC2CC2)c(O)n2ncc(/C=C/C(=O)N3CC[C@@H](O)C3)c12. The number of nitrogens with one attached hydrogen (secondary N) is 1. The van der Waals surface area contributed by atoms with Gasteiger partial charge in [0.05, 0.1) is 12.3 Å². The van der Waals surface area contributed by atoms with Gasteiger partial charge >= 0.3 is 0 Å². The molecule has 2 aromatic heterocycles. The smallest absolute Gasteiger partial charge is 0.270 e. The summed E-state index contributed by atoms with van der Waals surface area (Å²) in [4.78, 5) is 39.7. The van der Waals surface area contributed by atoms with Crippen molar-refractivity contribution in [2.75, 3.05) is 13.1 Å². The topological polar surface area (TPSA) is 129 Å².